The first-order valence-corrected chi connectivity index (χ1v) is 4.19. The van der Waals surface area contributed by atoms with Crippen molar-refractivity contribution < 1.29 is 24.5 Å². The van der Waals surface area contributed by atoms with Crippen LogP contribution < -0.4 is 0 Å². The number of carboxylic acid groups (broad SMARTS) is 1. The highest BCUT2D eigenvalue weighted by Gasteiger charge is 2.17. The zero-order valence-corrected chi connectivity index (χ0v) is 8.41. The SMILES string of the molecule is COC(=O)c1cc(Cl)c(O)c(C(=O)O)c1. The predicted molar refractivity (Wildman–Crippen MR) is 51.4 cm³/mol. The number of carbonyl (C=O) groups is 2. The molecule has 0 aliphatic heterocycles. The van der Waals surface area contributed by atoms with Crippen molar-refractivity contribution in [3.63, 3.8) is 0 Å². The number of carboxylic acids is 1. The third kappa shape index (κ3) is 2.19. The Morgan fingerprint density at radius 1 is 1.40 bits per heavy atom. The molecule has 0 aromatic heterocycles. The van der Waals surface area contributed by atoms with Gasteiger partial charge in [-0.15, -0.1) is 0 Å². The molecule has 1 aromatic rings. The van der Waals surface area contributed by atoms with E-state index in [-0.39, 0.29) is 10.6 Å². The molecule has 2 N–H and O–H groups in total. The van der Waals surface area contributed by atoms with Gasteiger partial charge in [-0.2, -0.15) is 0 Å². The number of hydrogen-bond donors (Lipinski definition) is 2. The van der Waals surface area contributed by atoms with Crippen LogP contribution in [0.25, 0.3) is 0 Å². The van der Waals surface area contributed by atoms with Gasteiger partial charge in [0.25, 0.3) is 0 Å². The highest BCUT2D eigenvalue weighted by atomic mass is 35.5. The molecular weight excluding hydrogens is 224 g/mol. The van der Waals surface area contributed by atoms with Crippen LogP contribution in [0.1, 0.15) is 20.7 Å². The van der Waals surface area contributed by atoms with E-state index in [1.807, 2.05) is 0 Å². The number of phenols is 1. The number of methoxy groups -OCH3 is 1. The Morgan fingerprint density at radius 3 is 2.47 bits per heavy atom. The molecule has 0 unspecified atom stereocenters. The minimum atomic E-state index is -1.37. The monoisotopic (exact) mass is 230 g/mol. The summed E-state index contributed by atoms with van der Waals surface area (Å²) in [6.45, 7) is 0. The van der Waals surface area contributed by atoms with Gasteiger partial charge < -0.3 is 14.9 Å². The lowest BCUT2D eigenvalue weighted by molar-refractivity contribution is 0.0600. The van der Waals surface area contributed by atoms with E-state index < -0.39 is 23.3 Å². The molecule has 80 valence electrons. The molecule has 5 nitrogen and oxygen atoms in total. The third-order valence-electron chi connectivity index (χ3n) is 1.71. The molecule has 0 fully saturated rings. The largest absolute Gasteiger partial charge is 0.505 e. The number of aromatic carboxylic acids is 1. The fourth-order valence-corrected chi connectivity index (χ4v) is 1.22. The molecule has 0 aliphatic rings. The van der Waals surface area contributed by atoms with Crippen molar-refractivity contribution in [2.45, 2.75) is 0 Å². The second-order valence-electron chi connectivity index (χ2n) is 2.65. The Balaban J connectivity index is 3.35. The maximum absolute atomic E-state index is 11.1. The standard InChI is InChI=1S/C9H7ClO5/c1-15-9(14)4-2-5(8(12)13)7(11)6(10)3-4/h2-3,11H,1H3,(H,12,13). The smallest absolute Gasteiger partial charge is 0.339 e. The lowest BCUT2D eigenvalue weighted by atomic mass is 10.1. The van der Waals surface area contributed by atoms with Crippen molar-refractivity contribution in [3.8, 4) is 5.75 Å². The molecule has 0 bridgehead atoms. The molecule has 1 rings (SSSR count). The van der Waals surface area contributed by atoms with E-state index in [2.05, 4.69) is 4.74 Å². The predicted octanol–water partition coefficient (Wildman–Crippen LogP) is 1.53. The first-order chi connectivity index (χ1) is 6.97. The number of esters is 1. The molecule has 0 spiro atoms. The van der Waals surface area contributed by atoms with Gasteiger partial charge in [0, 0.05) is 0 Å². The number of ether oxygens (including phenoxy) is 1. The highest BCUT2D eigenvalue weighted by molar-refractivity contribution is 6.33. The normalized spacial score (nSPS) is 9.73. The number of benzene rings is 1. The highest BCUT2D eigenvalue weighted by Crippen LogP contribution is 2.29. The van der Waals surface area contributed by atoms with E-state index in [0.717, 1.165) is 19.2 Å². The van der Waals surface area contributed by atoms with Crippen LogP contribution in [-0.4, -0.2) is 29.3 Å². The van der Waals surface area contributed by atoms with Gasteiger partial charge in [0.1, 0.15) is 11.3 Å². The van der Waals surface area contributed by atoms with Gasteiger partial charge in [-0.25, -0.2) is 9.59 Å². The van der Waals surface area contributed by atoms with Gasteiger partial charge in [0.05, 0.1) is 17.7 Å². The van der Waals surface area contributed by atoms with Crippen molar-refractivity contribution in [1.82, 2.24) is 0 Å². The molecule has 0 atom stereocenters. The average Bonchev–Trinajstić information content (AvgIpc) is 2.20. The molecular formula is C9H7ClO5. The summed E-state index contributed by atoms with van der Waals surface area (Å²) < 4.78 is 4.39. The summed E-state index contributed by atoms with van der Waals surface area (Å²) in [5.41, 5.74) is -0.472. The van der Waals surface area contributed by atoms with Crippen LogP contribution >= 0.6 is 11.6 Å². The first kappa shape index (κ1) is 11.3. The second-order valence-corrected chi connectivity index (χ2v) is 3.06. The molecule has 6 heteroatoms. The van der Waals surface area contributed by atoms with Crippen molar-refractivity contribution in [2.24, 2.45) is 0 Å². The second kappa shape index (κ2) is 4.18. The van der Waals surface area contributed by atoms with Crippen LogP contribution in [0, 0.1) is 0 Å². The molecule has 0 amide bonds. The first-order valence-electron chi connectivity index (χ1n) is 3.81. The summed E-state index contributed by atoms with van der Waals surface area (Å²) in [5, 5.41) is 17.8. The number of halogens is 1. The van der Waals surface area contributed by atoms with Crippen molar-refractivity contribution in [3.05, 3.63) is 28.3 Å². The van der Waals surface area contributed by atoms with Crippen LogP contribution in [0.3, 0.4) is 0 Å². The lowest BCUT2D eigenvalue weighted by Gasteiger charge is -2.05. The van der Waals surface area contributed by atoms with Gasteiger partial charge in [0.15, 0.2) is 0 Å². The molecule has 0 heterocycles. The van der Waals surface area contributed by atoms with Crippen molar-refractivity contribution >= 4 is 23.5 Å². The Bertz CT molecular complexity index is 427. The third-order valence-corrected chi connectivity index (χ3v) is 2.00. The Hall–Kier alpha value is -1.75. The summed E-state index contributed by atoms with van der Waals surface area (Å²) in [4.78, 5) is 21.8. The van der Waals surface area contributed by atoms with E-state index in [1.165, 1.54) is 0 Å². The average molecular weight is 231 g/mol. The van der Waals surface area contributed by atoms with Crippen molar-refractivity contribution in [1.29, 1.82) is 0 Å². The topological polar surface area (TPSA) is 83.8 Å². The number of rotatable bonds is 2. The van der Waals surface area contributed by atoms with Gasteiger partial charge in [-0.1, -0.05) is 11.6 Å². The van der Waals surface area contributed by atoms with Gasteiger partial charge >= 0.3 is 11.9 Å². The maximum Gasteiger partial charge on any atom is 0.339 e. The van der Waals surface area contributed by atoms with Crippen LogP contribution in [0.5, 0.6) is 5.75 Å². The van der Waals surface area contributed by atoms with E-state index in [1.54, 1.807) is 0 Å². The summed E-state index contributed by atoms with van der Waals surface area (Å²) >= 11 is 5.54. The molecule has 1 aromatic carbocycles. The van der Waals surface area contributed by atoms with E-state index >= 15 is 0 Å². The zero-order chi connectivity index (χ0) is 11.6. The molecule has 0 saturated heterocycles. The molecule has 15 heavy (non-hydrogen) atoms. The lowest BCUT2D eigenvalue weighted by Crippen LogP contribution is -2.05. The number of carbonyl (C=O) groups excluding carboxylic acids is 1. The van der Waals surface area contributed by atoms with Crippen molar-refractivity contribution in [2.75, 3.05) is 7.11 Å². The quantitative estimate of drug-likeness (QED) is 0.753. The summed E-state index contributed by atoms with van der Waals surface area (Å²) in [6, 6.07) is 2.13. The number of hydrogen-bond acceptors (Lipinski definition) is 4. The Labute approximate surface area is 89.9 Å². The maximum atomic E-state index is 11.1. The van der Waals surface area contributed by atoms with E-state index in [4.69, 9.17) is 16.7 Å². The fourth-order valence-electron chi connectivity index (χ4n) is 0.998. The van der Waals surface area contributed by atoms with Crippen LogP contribution in [0.15, 0.2) is 12.1 Å². The molecule has 0 saturated carbocycles. The van der Waals surface area contributed by atoms with E-state index in [0.29, 0.717) is 0 Å². The van der Waals surface area contributed by atoms with E-state index in [9.17, 15) is 14.7 Å². The van der Waals surface area contributed by atoms with Gasteiger partial charge in [-0.05, 0) is 12.1 Å². The van der Waals surface area contributed by atoms with Crippen LogP contribution in [0.4, 0.5) is 0 Å². The summed E-state index contributed by atoms with van der Waals surface area (Å²) in [7, 11) is 1.16. The van der Waals surface area contributed by atoms with Crippen LogP contribution in [-0.2, 0) is 4.74 Å². The van der Waals surface area contributed by atoms with Crippen LogP contribution in [0.2, 0.25) is 5.02 Å². The Kier molecular flexibility index (Phi) is 3.16. The zero-order valence-electron chi connectivity index (χ0n) is 7.65. The number of aromatic hydroxyl groups is 1. The summed E-state index contributed by atoms with van der Waals surface area (Å²) in [6.07, 6.45) is 0. The fraction of sp³-hybridized carbons (Fsp3) is 0.111. The summed E-state index contributed by atoms with van der Waals surface area (Å²) in [5.74, 6) is -2.67. The van der Waals surface area contributed by atoms with Gasteiger partial charge in [-0.3, -0.25) is 0 Å². The molecule has 0 radical (unpaired) electrons. The minimum absolute atomic E-state index is 0.0299. The molecule has 0 aliphatic carbocycles. The Morgan fingerprint density at radius 2 is 2.00 bits per heavy atom. The minimum Gasteiger partial charge on any atom is -0.505 e. The van der Waals surface area contributed by atoms with Gasteiger partial charge in [0.2, 0.25) is 0 Å².